The van der Waals surface area contributed by atoms with Gasteiger partial charge in [0.25, 0.3) is 5.91 Å². The van der Waals surface area contributed by atoms with Crippen LogP contribution < -0.4 is 14.4 Å². The van der Waals surface area contributed by atoms with Gasteiger partial charge in [-0.1, -0.05) is 18.2 Å². The molecule has 0 radical (unpaired) electrons. The summed E-state index contributed by atoms with van der Waals surface area (Å²) in [7, 11) is -1.95. The van der Waals surface area contributed by atoms with E-state index in [9.17, 15) is 13.2 Å². The zero-order valence-corrected chi connectivity index (χ0v) is 17.2. The van der Waals surface area contributed by atoms with Gasteiger partial charge in [-0.25, -0.2) is 13.1 Å². The molecule has 0 spiro atoms. The number of hydrogen-bond acceptors (Lipinski definition) is 5. The molecule has 154 valence electrons. The predicted molar refractivity (Wildman–Crippen MR) is 113 cm³/mol. The molecular formula is C21H25N3O4S. The van der Waals surface area contributed by atoms with Crippen LogP contribution in [-0.2, 0) is 10.0 Å². The van der Waals surface area contributed by atoms with Gasteiger partial charge in [-0.15, -0.1) is 6.58 Å². The number of carbonyl (C=O) groups excluding carboxylic acids is 1. The fourth-order valence-electron chi connectivity index (χ4n) is 3.25. The number of hydrogen-bond donors (Lipinski definition) is 1. The third kappa shape index (κ3) is 4.78. The average molecular weight is 416 g/mol. The first-order chi connectivity index (χ1) is 14.0. The molecule has 2 aromatic rings. The summed E-state index contributed by atoms with van der Waals surface area (Å²) in [5, 5.41) is 0. The highest BCUT2D eigenvalue weighted by molar-refractivity contribution is 7.89. The highest BCUT2D eigenvalue weighted by Crippen LogP contribution is 2.28. The molecule has 0 saturated carbocycles. The summed E-state index contributed by atoms with van der Waals surface area (Å²) < 4.78 is 32.1. The van der Waals surface area contributed by atoms with Crippen LogP contribution in [0.4, 0.5) is 5.69 Å². The van der Waals surface area contributed by atoms with Crippen LogP contribution in [0.1, 0.15) is 10.4 Å². The Morgan fingerprint density at radius 3 is 2.38 bits per heavy atom. The Kier molecular flexibility index (Phi) is 6.56. The first-order valence-corrected chi connectivity index (χ1v) is 10.8. The van der Waals surface area contributed by atoms with Crippen molar-refractivity contribution in [3.63, 3.8) is 0 Å². The smallest absolute Gasteiger partial charge is 0.253 e. The number of ether oxygens (including phenoxy) is 1. The third-order valence-electron chi connectivity index (χ3n) is 4.82. The number of carbonyl (C=O) groups is 1. The van der Waals surface area contributed by atoms with E-state index < -0.39 is 10.0 Å². The van der Waals surface area contributed by atoms with E-state index in [0.717, 1.165) is 11.4 Å². The molecule has 0 aliphatic carbocycles. The van der Waals surface area contributed by atoms with Crippen molar-refractivity contribution >= 4 is 21.6 Å². The Morgan fingerprint density at radius 2 is 1.76 bits per heavy atom. The van der Waals surface area contributed by atoms with Gasteiger partial charge in [-0.3, -0.25) is 4.79 Å². The molecule has 7 nitrogen and oxygen atoms in total. The molecule has 0 aromatic heterocycles. The van der Waals surface area contributed by atoms with Gasteiger partial charge in [-0.05, 0) is 36.4 Å². The monoisotopic (exact) mass is 415 g/mol. The second-order valence-corrected chi connectivity index (χ2v) is 8.38. The minimum absolute atomic E-state index is 0.104. The molecule has 29 heavy (non-hydrogen) atoms. The summed E-state index contributed by atoms with van der Waals surface area (Å²) >= 11 is 0. The second kappa shape index (κ2) is 9.11. The van der Waals surface area contributed by atoms with E-state index in [2.05, 4.69) is 16.2 Å². The van der Waals surface area contributed by atoms with Crippen molar-refractivity contribution in [2.24, 2.45) is 0 Å². The highest BCUT2D eigenvalue weighted by Gasteiger charge is 2.24. The number of amides is 1. The van der Waals surface area contributed by atoms with Crippen LogP contribution in [0.3, 0.4) is 0 Å². The number of rotatable bonds is 7. The van der Waals surface area contributed by atoms with Crippen LogP contribution in [0, 0.1) is 0 Å². The van der Waals surface area contributed by atoms with E-state index in [1.807, 2.05) is 24.3 Å². The number of anilines is 1. The topological polar surface area (TPSA) is 79.0 Å². The van der Waals surface area contributed by atoms with Crippen LogP contribution in [0.15, 0.2) is 66.1 Å². The normalized spacial score (nSPS) is 14.5. The van der Waals surface area contributed by atoms with Gasteiger partial charge in [0.15, 0.2) is 0 Å². The van der Waals surface area contributed by atoms with E-state index >= 15 is 0 Å². The molecule has 1 fully saturated rings. The van der Waals surface area contributed by atoms with Crippen LogP contribution >= 0.6 is 0 Å². The van der Waals surface area contributed by atoms with Crippen molar-refractivity contribution in [2.75, 3.05) is 44.7 Å². The summed E-state index contributed by atoms with van der Waals surface area (Å²) in [4.78, 5) is 16.9. The highest BCUT2D eigenvalue weighted by atomic mass is 32.2. The van der Waals surface area contributed by atoms with Gasteiger partial charge >= 0.3 is 0 Å². The minimum atomic E-state index is -3.60. The summed E-state index contributed by atoms with van der Waals surface area (Å²) in [6.07, 6.45) is 1.47. The zero-order chi connectivity index (χ0) is 20.9. The van der Waals surface area contributed by atoms with Crippen molar-refractivity contribution in [2.45, 2.75) is 4.90 Å². The number of nitrogens with one attached hydrogen (secondary N) is 1. The lowest BCUT2D eigenvalue weighted by Crippen LogP contribution is -2.48. The van der Waals surface area contributed by atoms with Gasteiger partial charge in [-0.2, -0.15) is 0 Å². The molecule has 0 bridgehead atoms. The quantitative estimate of drug-likeness (QED) is 0.701. The first kappa shape index (κ1) is 20.9. The van der Waals surface area contributed by atoms with E-state index in [1.165, 1.54) is 18.2 Å². The van der Waals surface area contributed by atoms with Gasteiger partial charge in [0.05, 0.1) is 17.7 Å². The van der Waals surface area contributed by atoms with Crippen molar-refractivity contribution in [3.05, 3.63) is 66.7 Å². The summed E-state index contributed by atoms with van der Waals surface area (Å²) in [6, 6.07) is 13.8. The summed E-state index contributed by atoms with van der Waals surface area (Å²) in [5.74, 6) is 0.710. The predicted octanol–water partition coefficient (Wildman–Crippen LogP) is 2.12. The van der Waals surface area contributed by atoms with E-state index in [-0.39, 0.29) is 17.3 Å². The van der Waals surface area contributed by atoms with Gasteiger partial charge in [0.1, 0.15) is 5.75 Å². The Labute approximate surface area is 171 Å². The van der Waals surface area contributed by atoms with Crippen LogP contribution in [0.2, 0.25) is 0 Å². The van der Waals surface area contributed by atoms with Crippen molar-refractivity contribution in [3.8, 4) is 5.75 Å². The number of piperazine rings is 1. The van der Waals surface area contributed by atoms with Crippen molar-refractivity contribution in [1.29, 1.82) is 0 Å². The first-order valence-electron chi connectivity index (χ1n) is 9.34. The molecule has 8 heteroatoms. The maximum atomic E-state index is 12.8. The van der Waals surface area contributed by atoms with Crippen LogP contribution in [0.5, 0.6) is 5.75 Å². The summed E-state index contributed by atoms with van der Waals surface area (Å²) in [5.41, 5.74) is 1.49. The second-order valence-electron chi connectivity index (χ2n) is 6.62. The molecule has 0 atom stereocenters. The van der Waals surface area contributed by atoms with Gasteiger partial charge in [0.2, 0.25) is 10.0 Å². The molecule has 1 aliphatic heterocycles. The van der Waals surface area contributed by atoms with Crippen LogP contribution in [-0.4, -0.2) is 59.1 Å². The fourth-order valence-corrected chi connectivity index (χ4v) is 4.25. The van der Waals surface area contributed by atoms with Crippen LogP contribution in [0.25, 0.3) is 0 Å². The largest absolute Gasteiger partial charge is 0.495 e. The molecular weight excluding hydrogens is 390 g/mol. The Bertz CT molecular complexity index is 966. The number of nitrogens with zero attached hydrogens (tertiary/aromatic N) is 2. The van der Waals surface area contributed by atoms with Gasteiger partial charge in [0, 0.05) is 38.3 Å². The minimum Gasteiger partial charge on any atom is -0.495 e. The molecule has 2 aromatic carbocycles. The maximum absolute atomic E-state index is 12.8. The number of sulfonamides is 1. The molecule has 1 N–H and O–H groups in total. The molecule has 1 heterocycles. The number of para-hydroxylation sites is 2. The van der Waals surface area contributed by atoms with E-state index in [1.54, 1.807) is 24.1 Å². The Morgan fingerprint density at radius 1 is 1.10 bits per heavy atom. The van der Waals surface area contributed by atoms with Crippen molar-refractivity contribution < 1.29 is 17.9 Å². The van der Waals surface area contributed by atoms with E-state index in [0.29, 0.717) is 31.7 Å². The third-order valence-corrected chi connectivity index (χ3v) is 6.26. The number of benzene rings is 2. The average Bonchev–Trinajstić information content (AvgIpc) is 2.77. The summed E-state index contributed by atoms with van der Waals surface area (Å²) in [6.45, 7) is 6.20. The molecule has 0 unspecified atom stereocenters. The molecule has 1 saturated heterocycles. The standard InChI is InChI=1S/C21H25N3O4S/c1-3-12-22-29(26,27)18-10-8-17(9-11-18)21(25)24-15-13-23(14-16-24)19-6-4-5-7-20(19)28-2/h3-11,22H,1,12-16H2,2H3. The molecule has 1 amide bonds. The fraction of sp³-hybridized carbons (Fsp3) is 0.286. The number of methoxy groups -OCH3 is 1. The lowest BCUT2D eigenvalue weighted by atomic mass is 10.1. The molecule has 1 aliphatic rings. The lowest BCUT2D eigenvalue weighted by Gasteiger charge is -2.36. The Balaban J connectivity index is 1.64. The lowest BCUT2D eigenvalue weighted by molar-refractivity contribution is 0.0746. The SMILES string of the molecule is C=CCNS(=O)(=O)c1ccc(C(=O)N2CCN(c3ccccc3OC)CC2)cc1. The van der Waals surface area contributed by atoms with E-state index in [4.69, 9.17) is 4.74 Å². The zero-order valence-electron chi connectivity index (χ0n) is 16.4. The molecule has 3 rings (SSSR count). The Hall–Kier alpha value is -2.84. The van der Waals surface area contributed by atoms with Gasteiger partial charge < -0.3 is 14.5 Å². The maximum Gasteiger partial charge on any atom is 0.253 e. The van der Waals surface area contributed by atoms with Crippen molar-refractivity contribution in [1.82, 2.24) is 9.62 Å².